The van der Waals surface area contributed by atoms with E-state index in [0.29, 0.717) is 36.8 Å². The molecule has 4 rings (SSSR count). The second kappa shape index (κ2) is 9.19. The number of aromatic hydroxyl groups is 2. The lowest BCUT2D eigenvalue weighted by atomic mass is 9.44. The van der Waals surface area contributed by atoms with Crippen molar-refractivity contribution in [2.75, 3.05) is 13.2 Å². The van der Waals surface area contributed by atoms with Crippen molar-refractivity contribution in [1.82, 2.24) is 0 Å². The number of unbranched alkanes of at least 4 members (excludes halogenated alkanes) is 2. The van der Waals surface area contributed by atoms with Crippen molar-refractivity contribution in [1.29, 1.82) is 0 Å². The number of phenolic OH excluding ortho intramolecular Hbond substituents is 2. The highest BCUT2D eigenvalue weighted by Crippen LogP contribution is 2.64. The van der Waals surface area contributed by atoms with E-state index in [0.717, 1.165) is 6.42 Å². The molecule has 2 N–H and O–H groups in total. The van der Waals surface area contributed by atoms with Gasteiger partial charge in [0, 0.05) is 23.8 Å². The molecule has 1 aromatic rings. The molecule has 182 valence electrons. The van der Waals surface area contributed by atoms with Gasteiger partial charge in [0.1, 0.15) is 17.3 Å². The van der Waals surface area contributed by atoms with Crippen molar-refractivity contribution in [3.63, 3.8) is 0 Å². The zero-order valence-corrected chi connectivity index (χ0v) is 19.6. The van der Waals surface area contributed by atoms with E-state index >= 15 is 0 Å². The lowest BCUT2D eigenvalue weighted by Gasteiger charge is -2.59. The number of ketones is 1. The van der Waals surface area contributed by atoms with E-state index in [-0.39, 0.29) is 53.7 Å². The number of fused-ring (bicyclic) bond motifs is 2. The molecule has 1 aromatic carbocycles. The monoisotopic (exact) mass is 463 g/mol. The highest BCUT2D eigenvalue weighted by molar-refractivity contribution is 5.86. The predicted molar refractivity (Wildman–Crippen MR) is 118 cm³/mol. The van der Waals surface area contributed by atoms with Crippen LogP contribution in [0.5, 0.6) is 11.5 Å². The number of nitrogens with zero attached hydrogens (tertiary/aromatic N) is 1. The van der Waals surface area contributed by atoms with Gasteiger partial charge in [-0.15, -0.1) is 10.1 Å². The Morgan fingerprint density at radius 3 is 2.33 bits per heavy atom. The van der Waals surface area contributed by atoms with Crippen LogP contribution in [0.3, 0.4) is 0 Å². The van der Waals surface area contributed by atoms with Crippen LogP contribution < -0.4 is 0 Å². The first kappa shape index (κ1) is 24.8. The lowest BCUT2D eigenvalue weighted by Crippen LogP contribution is -2.56. The smallest absolute Gasteiger partial charge is 0.315 e. The number of rotatable bonds is 10. The third-order valence-corrected chi connectivity index (χ3v) is 7.60. The van der Waals surface area contributed by atoms with Gasteiger partial charge >= 0.3 is 5.97 Å². The number of ether oxygens (including phenoxy) is 1. The number of Topliss-reactive ketones (excluding diaryl/α,β-unsaturated/α-hetero) is 1. The molecule has 0 aliphatic heterocycles. The van der Waals surface area contributed by atoms with Gasteiger partial charge in [0.05, 0.1) is 18.6 Å². The average Bonchev–Trinajstić information content (AvgIpc) is 2.71. The number of hydrogen-bond acceptors (Lipinski definition) is 8. The van der Waals surface area contributed by atoms with Gasteiger partial charge in [-0.3, -0.25) is 9.59 Å². The van der Waals surface area contributed by atoms with E-state index in [9.17, 15) is 29.9 Å². The van der Waals surface area contributed by atoms with Crippen LogP contribution in [-0.2, 0) is 24.6 Å². The summed E-state index contributed by atoms with van der Waals surface area (Å²) >= 11 is 0. The highest BCUT2D eigenvalue weighted by Gasteiger charge is 2.59. The fraction of sp³-hybridized carbons (Fsp3) is 0.667. The van der Waals surface area contributed by atoms with Gasteiger partial charge in [0.25, 0.3) is 5.09 Å². The number of carbonyl (C=O) groups is 2. The molecule has 0 amide bonds. The maximum absolute atomic E-state index is 12.7. The Balaban J connectivity index is 1.65. The number of benzene rings is 1. The van der Waals surface area contributed by atoms with Crippen molar-refractivity contribution in [2.24, 2.45) is 17.3 Å². The van der Waals surface area contributed by atoms with E-state index in [1.54, 1.807) is 13.8 Å². The quantitative estimate of drug-likeness (QED) is 0.230. The molecule has 0 aromatic heterocycles. The van der Waals surface area contributed by atoms with Gasteiger partial charge in [-0.1, -0.05) is 13.8 Å². The molecule has 3 aliphatic carbocycles. The van der Waals surface area contributed by atoms with Gasteiger partial charge in [-0.05, 0) is 68.6 Å². The van der Waals surface area contributed by atoms with Crippen LogP contribution in [0.25, 0.3) is 0 Å². The minimum Gasteiger partial charge on any atom is -0.508 e. The molecular formula is C24H33NO8. The van der Waals surface area contributed by atoms with Crippen molar-refractivity contribution in [3.8, 4) is 11.5 Å². The fourth-order valence-corrected chi connectivity index (χ4v) is 5.34. The Morgan fingerprint density at radius 1 is 1.18 bits per heavy atom. The maximum Gasteiger partial charge on any atom is 0.315 e. The van der Waals surface area contributed by atoms with E-state index in [1.807, 2.05) is 0 Å². The number of carbonyl (C=O) groups excluding carboxylic acids is 2. The molecular weight excluding hydrogens is 430 g/mol. The Morgan fingerprint density at radius 2 is 1.79 bits per heavy atom. The Labute approximate surface area is 193 Å². The van der Waals surface area contributed by atoms with Crippen LogP contribution >= 0.6 is 0 Å². The normalized spacial score (nSPS) is 23.5. The second-order valence-corrected chi connectivity index (χ2v) is 10.3. The summed E-state index contributed by atoms with van der Waals surface area (Å²) in [7, 11) is 0. The van der Waals surface area contributed by atoms with Crippen LogP contribution in [0.4, 0.5) is 0 Å². The Bertz CT molecular complexity index is 915. The second-order valence-electron chi connectivity index (χ2n) is 10.3. The summed E-state index contributed by atoms with van der Waals surface area (Å²) in [6.07, 6.45) is 2.69. The molecule has 0 heterocycles. The lowest BCUT2D eigenvalue weighted by molar-refractivity contribution is -0.757. The summed E-state index contributed by atoms with van der Waals surface area (Å²) in [5, 5.41) is 30.9. The molecule has 3 atom stereocenters. The molecule has 9 heteroatoms. The molecule has 2 bridgehead atoms. The Kier molecular flexibility index (Phi) is 6.91. The van der Waals surface area contributed by atoms with Crippen LogP contribution in [-0.4, -0.2) is 40.3 Å². The first-order chi connectivity index (χ1) is 15.4. The highest BCUT2D eigenvalue weighted by atomic mass is 16.9. The summed E-state index contributed by atoms with van der Waals surface area (Å²) in [5.41, 5.74) is -0.482. The third kappa shape index (κ3) is 4.77. The summed E-state index contributed by atoms with van der Waals surface area (Å²) < 4.78 is 5.36. The van der Waals surface area contributed by atoms with Gasteiger partial charge in [-0.2, -0.15) is 0 Å². The molecule has 0 unspecified atom stereocenters. The third-order valence-electron chi connectivity index (χ3n) is 7.60. The summed E-state index contributed by atoms with van der Waals surface area (Å²) in [5.74, 6) is -0.559. The molecule has 0 saturated heterocycles. The summed E-state index contributed by atoms with van der Waals surface area (Å²) in [6, 6.07) is 2.96. The standard InChI is InChI=1S/C24H33NO8/c1-23(2,22(29)32-8-6-5-7-9-33-25(30)31)14-10-19(27)21(20(28)11-14)15-12-18(26)17-13-16(15)24(17,3)4/h10-11,15-17,27-28H,5-9,12-13H2,1-4H3/t15-,16+,17+/m0/s1. The van der Waals surface area contributed by atoms with E-state index in [2.05, 4.69) is 18.7 Å². The SMILES string of the molecule is CC(C)(C(=O)OCCCCCO[N+](=O)[O-])c1cc(O)c([C@H]2CC(=O)[C@H]3C[C@H]2C3(C)C)c(O)c1. The van der Waals surface area contributed by atoms with Crippen LogP contribution in [0.2, 0.25) is 0 Å². The minimum atomic E-state index is -1.12. The number of esters is 1. The molecule has 3 aliphatic rings. The Hall–Kier alpha value is -2.84. The maximum atomic E-state index is 12.7. The topological polar surface area (TPSA) is 136 Å². The zero-order valence-electron chi connectivity index (χ0n) is 19.6. The summed E-state index contributed by atoms with van der Waals surface area (Å²) in [6.45, 7) is 7.58. The van der Waals surface area contributed by atoms with Gasteiger partial charge < -0.3 is 19.8 Å². The first-order valence-corrected chi connectivity index (χ1v) is 11.4. The van der Waals surface area contributed by atoms with Crippen molar-refractivity contribution in [3.05, 3.63) is 33.4 Å². The molecule has 33 heavy (non-hydrogen) atoms. The largest absolute Gasteiger partial charge is 0.508 e. The molecule has 0 radical (unpaired) electrons. The first-order valence-electron chi connectivity index (χ1n) is 11.4. The van der Waals surface area contributed by atoms with Crippen LogP contribution in [0.1, 0.15) is 76.8 Å². The number of hydrogen-bond donors (Lipinski definition) is 2. The minimum absolute atomic E-state index is 0.00261. The van der Waals surface area contributed by atoms with Crippen LogP contribution in [0.15, 0.2) is 12.1 Å². The summed E-state index contributed by atoms with van der Waals surface area (Å²) in [4.78, 5) is 39.6. The zero-order chi connectivity index (χ0) is 24.6. The van der Waals surface area contributed by atoms with E-state index < -0.39 is 16.5 Å². The molecule has 9 nitrogen and oxygen atoms in total. The molecule has 3 saturated carbocycles. The van der Waals surface area contributed by atoms with Crippen molar-refractivity contribution >= 4 is 11.8 Å². The molecule has 3 fully saturated rings. The number of phenols is 2. The predicted octanol–water partition coefficient (Wildman–Crippen LogP) is 4.02. The molecule has 0 spiro atoms. The van der Waals surface area contributed by atoms with Gasteiger partial charge in [0.2, 0.25) is 0 Å². The van der Waals surface area contributed by atoms with E-state index in [4.69, 9.17) is 4.74 Å². The average molecular weight is 464 g/mol. The fourth-order valence-electron chi connectivity index (χ4n) is 5.34. The van der Waals surface area contributed by atoms with Crippen molar-refractivity contribution < 1.29 is 34.5 Å². The van der Waals surface area contributed by atoms with Crippen LogP contribution in [0, 0.1) is 27.4 Å². The van der Waals surface area contributed by atoms with Gasteiger partial charge in [-0.25, -0.2) is 0 Å². The van der Waals surface area contributed by atoms with Gasteiger partial charge in [0.15, 0.2) is 0 Å². The van der Waals surface area contributed by atoms with Crippen molar-refractivity contribution in [2.45, 2.75) is 71.1 Å². The van der Waals surface area contributed by atoms with E-state index in [1.165, 1.54) is 12.1 Å².